The Labute approximate surface area is 131 Å². The lowest BCUT2D eigenvalue weighted by Crippen LogP contribution is -2.04. The van der Waals surface area contributed by atoms with Crippen LogP contribution in [-0.4, -0.2) is 19.3 Å². The molecule has 0 heterocycles. The van der Waals surface area contributed by atoms with Crippen molar-refractivity contribution in [2.75, 3.05) is 14.2 Å². The van der Waals surface area contributed by atoms with Crippen molar-refractivity contribution in [1.29, 1.82) is 0 Å². The predicted molar refractivity (Wildman–Crippen MR) is 80.0 cm³/mol. The van der Waals surface area contributed by atoms with E-state index in [0.29, 0.717) is 16.9 Å². The van der Waals surface area contributed by atoms with Gasteiger partial charge in [0.15, 0.2) is 0 Å². The maximum absolute atomic E-state index is 13.1. The summed E-state index contributed by atoms with van der Waals surface area (Å²) < 4.78 is 23.4. The molecule has 0 fully saturated rings. The van der Waals surface area contributed by atoms with E-state index >= 15 is 0 Å². The molecule has 112 valence electrons. The van der Waals surface area contributed by atoms with Gasteiger partial charge >= 0.3 is 0 Å². The number of aliphatic hydroxyl groups is 1. The Balaban J connectivity index is 2.52. The van der Waals surface area contributed by atoms with Crippen LogP contribution < -0.4 is 9.47 Å². The molecule has 0 saturated heterocycles. The van der Waals surface area contributed by atoms with Gasteiger partial charge in [-0.3, -0.25) is 0 Å². The van der Waals surface area contributed by atoms with Crippen molar-refractivity contribution in [1.82, 2.24) is 0 Å². The van der Waals surface area contributed by atoms with Gasteiger partial charge in [-0.05, 0) is 24.3 Å². The Bertz CT molecular complexity index is 662. The smallest absolute Gasteiger partial charge is 0.147 e. The molecule has 3 nitrogen and oxygen atoms in total. The summed E-state index contributed by atoms with van der Waals surface area (Å²) in [5, 5.41) is 10.8. The molecule has 0 spiro atoms. The topological polar surface area (TPSA) is 38.7 Å². The number of rotatable bonds is 4. The van der Waals surface area contributed by atoms with E-state index in [0.717, 1.165) is 6.07 Å². The third-order valence-corrected chi connectivity index (χ3v) is 3.75. The fourth-order valence-electron chi connectivity index (χ4n) is 2.02. The first-order valence-electron chi connectivity index (χ1n) is 6.03. The molecule has 0 aliphatic rings. The van der Waals surface area contributed by atoms with Gasteiger partial charge < -0.3 is 14.6 Å². The van der Waals surface area contributed by atoms with Gasteiger partial charge in [0, 0.05) is 16.1 Å². The first kappa shape index (κ1) is 15.9. The molecule has 0 aromatic heterocycles. The number of benzene rings is 2. The van der Waals surface area contributed by atoms with Crippen LogP contribution in [0, 0.1) is 5.82 Å². The van der Waals surface area contributed by atoms with Crippen molar-refractivity contribution < 1.29 is 19.0 Å². The summed E-state index contributed by atoms with van der Waals surface area (Å²) in [6.07, 6.45) is -1.10. The Kier molecular flexibility index (Phi) is 4.93. The first-order chi connectivity index (χ1) is 9.99. The lowest BCUT2D eigenvalue weighted by molar-refractivity contribution is 0.214. The maximum atomic E-state index is 13.1. The van der Waals surface area contributed by atoms with Gasteiger partial charge in [0.2, 0.25) is 0 Å². The minimum Gasteiger partial charge on any atom is -0.495 e. The molecule has 0 aliphatic carbocycles. The number of hydrogen-bond donors (Lipinski definition) is 1. The summed E-state index contributed by atoms with van der Waals surface area (Å²) in [6, 6.07) is 7.01. The van der Waals surface area contributed by atoms with Gasteiger partial charge in [-0.25, -0.2) is 4.39 Å². The number of ether oxygens (including phenoxy) is 2. The molecule has 1 atom stereocenters. The maximum Gasteiger partial charge on any atom is 0.147 e. The van der Waals surface area contributed by atoms with Crippen molar-refractivity contribution >= 4 is 23.2 Å². The molecule has 2 aromatic carbocycles. The second-order valence-electron chi connectivity index (χ2n) is 4.27. The molecule has 21 heavy (non-hydrogen) atoms. The van der Waals surface area contributed by atoms with Gasteiger partial charge in [-0.15, -0.1) is 0 Å². The molecule has 1 N–H and O–H groups in total. The summed E-state index contributed by atoms with van der Waals surface area (Å²) in [6.45, 7) is 0. The molecule has 0 bridgehead atoms. The predicted octanol–water partition coefficient (Wildman–Crippen LogP) is 4.23. The van der Waals surface area contributed by atoms with E-state index in [-0.39, 0.29) is 15.8 Å². The monoisotopic (exact) mass is 330 g/mol. The molecule has 2 rings (SSSR count). The Morgan fingerprint density at radius 2 is 1.71 bits per heavy atom. The van der Waals surface area contributed by atoms with Crippen LogP contribution in [0.2, 0.25) is 10.0 Å². The van der Waals surface area contributed by atoms with E-state index in [2.05, 4.69) is 0 Å². The Hall–Kier alpha value is -1.49. The van der Waals surface area contributed by atoms with Gasteiger partial charge in [0.1, 0.15) is 28.4 Å². The molecule has 0 saturated carbocycles. The lowest BCUT2D eigenvalue weighted by atomic mass is 10.00. The largest absolute Gasteiger partial charge is 0.495 e. The highest BCUT2D eigenvalue weighted by Gasteiger charge is 2.22. The fraction of sp³-hybridized carbons (Fsp3) is 0.200. The van der Waals surface area contributed by atoms with E-state index in [4.69, 9.17) is 32.7 Å². The third-order valence-electron chi connectivity index (χ3n) is 3.07. The number of aliphatic hydroxyl groups excluding tert-OH is 1. The van der Waals surface area contributed by atoms with Gasteiger partial charge in [-0.2, -0.15) is 0 Å². The zero-order valence-electron chi connectivity index (χ0n) is 11.4. The molecule has 0 amide bonds. The molecular weight excluding hydrogens is 318 g/mol. The van der Waals surface area contributed by atoms with Crippen LogP contribution >= 0.6 is 23.2 Å². The van der Waals surface area contributed by atoms with Crippen LogP contribution in [-0.2, 0) is 0 Å². The second kappa shape index (κ2) is 6.52. The molecule has 6 heteroatoms. The third kappa shape index (κ3) is 3.07. The van der Waals surface area contributed by atoms with Crippen molar-refractivity contribution in [3.8, 4) is 11.5 Å². The Morgan fingerprint density at radius 1 is 1.05 bits per heavy atom. The van der Waals surface area contributed by atoms with E-state index in [1.807, 2.05) is 0 Å². The Morgan fingerprint density at radius 3 is 2.29 bits per heavy atom. The average Bonchev–Trinajstić information content (AvgIpc) is 2.46. The van der Waals surface area contributed by atoms with Crippen LogP contribution in [0.25, 0.3) is 0 Å². The summed E-state index contributed by atoms with van der Waals surface area (Å²) in [5.41, 5.74) is 0.773. The summed E-state index contributed by atoms with van der Waals surface area (Å²) >= 11 is 12.1. The van der Waals surface area contributed by atoms with Crippen molar-refractivity contribution in [3.05, 3.63) is 57.3 Å². The normalized spacial score (nSPS) is 12.1. The van der Waals surface area contributed by atoms with Gasteiger partial charge in [-0.1, -0.05) is 29.3 Å². The molecule has 1 unspecified atom stereocenters. The lowest BCUT2D eigenvalue weighted by Gasteiger charge is -2.18. The highest BCUT2D eigenvalue weighted by atomic mass is 35.5. The number of halogens is 3. The minimum atomic E-state index is -1.10. The van der Waals surface area contributed by atoms with Crippen molar-refractivity contribution in [3.63, 3.8) is 0 Å². The molecular formula is C15H13Cl2FO3. The van der Waals surface area contributed by atoms with Crippen LogP contribution in [0.4, 0.5) is 4.39 Å². The minimum absolute atomic E-state index is 0.122. The highest BCUT2D eigenvalue weighted by Crippen LogP contribution is 2.42. The van der Waals surface area contributed by atoms with Crippen LogP contribution in [0.3, 0.4) is 0 Å². The summed E-state index contributed by atoms with van der Waals surface area (Å²) in [4.78, 5) is 0. The zero-order chi connectivity index (χ0) is 15.6. The van der Waals surface area contributed by atoms with Crippen LogP contribution in [0.15, 0.2) is 30.3 Å². The quantitative estimate of drug-likeness (QED) is 0.911. The standard InChI is InChI=1S/C15H13Cl2FO3/c1-20-12-6-5-10(15(21-2)13(12)17)14(19)9-4-3-8(18)7-11(9)16/h3-7,14,19H,1-2H3. The molecule has 0 radical (unpaired) electrons. The number of methoxy groups -OCH3 is 2. The highest BCUT2D eigenvalue weighted by molar-refractivity contribution is 6.33. The van der Waals surface area contributed by atoms with E-state index in [9.17, 15) is 9.50 Å². The summed E-state index contributed by atoms with van der Waals surface area (Å²) in [7, 11) is 2.91. The number of hydrogen-bond acceptors (Lipinski definition) is 3. The molecule has 2 aromatic rings. The first-order valence-corrected chi connectivity index (χ1v) is 6.78. The van der Waals surface area contributed by atoms with Gasteiger partial charge in [0.25, 0.3) is 0 Å². The van der Waals surface area contributed by atoms with E-state index in [1.165, 1.54) is 26.4 Å². The van der Waals surface area contributed by atoms with Gasteiger partial charge in [0.05, 0.1) is 14.2 Å². The van der Waals surface area contributed by atoms with Crippen molar-refractivity contribution in [2.24, 2.45) is 0 Å². The zero-order valence-corrected chi connectivity index (χ0v) is 12.9. The summed E-state index contributed by atoms with van der Waals surface area (Å²) in [5.74, 6) is 0.231. The second-order valence-corrected chi connectivity index (χ2v) is 5.06. The molecule has 0 aliphatic heterocycles. The van der Waals surface area contributed by atoms with Crippen LogP contribution in [0.1, 0.15) is 17.2 Å². The van der Waals surface area contributed by atoms with E-state index < -0.39 is 11.9 Å². The van der Waals surface area contributed by atoms with E-state index in [1.54, 1.807) is 12.1 Å². The fourth-order valence-corrected chi connectivity index (χ4v) is 2.62. The van der Waals surface area contributed by atoms with Crippen LogP contribution in [0.5, 0.6) is 11.5 Å². The average molecular weight is 331 g/mol. The SMILES string of the molecule is COc1ccc(C(O)c2ccc(F)cc2Cl)c(OC)c1Cl. The van der Waals surface area contributed by atoms with Crippen molar-refractivity contribution in [2.45, 2.75) is 6.10 Å².